The van der Waals surface area contributed by atoms with Gasteiger partial charge in [-0.25, -0.2) is 8.42 Å². The Bertz CT molecular complexity index is 926. The molecule has 0 unspecified atom stereocenters. The van der Waals surface area contributed by atoms with Gasteiger partial charge in [0.15, 0.2) is 0 Å². The molecular weight excluding hydrogens is 404 g/mol. The first-order chi connectivity index (χ1) is 11.8. The summed E-state index contributed by atoms with van der Waals surface area (Å²) in [5, 5.41) is 2.78. The number of carbonyl (C=O) groups excluding carboxylic acids is 1. The van der Waals surface area contributed by atoms with Crippen LogP contribution in [0.25, 0.3) is 11.1 Å². The van der Waals surface area contributed by atoms with Crippen molar-refractivity contribution in [2.45, 2.75) is 18.7 Å². The number of nitrogens with zero attached hydrogens (tertiary/aromatic N) is 1. The number of nitrogens with one attached hydrogen (secondary N) is 1. The van der Waals surface area contributed by atoms with E-state index in [-0.39, 0.29) is 17.3 Å². The Morgan fingerprint density at radius 2 is 1.88 bits per heavy atom. The monoisotopic (exact) mass is 422 g/mol. The SMILES string of the molecule is CC(C)CNC(=O)CN1c2ccc(Br)cc2-c2ccccc2S1(=O)=O. The molecule has 7 heteroatoms. The normalized spacial score (nSPS) is 14.8. The molecule has 0 atom stereocenters. The smallest absolute Gasteiger partial charge is 0.265 e. The largest absolute Gasteiger partial charge is 0.354 e. The van der Waals surface area contributed by atoms with E-state index in [2.05, 4.69) is 21.2 Å². The molecular formula is C18H19BrN2O3S. The Hall–Kier alpha value is -1.86. The highest BCUT2D eigenvalue weighted by molar-refractivity contribution is 9.10. The van der Waals surface area contributed by atoms with Crippen LogP contribution in [0.1, 0.15) is 13.8 Å². The van der Waals surface area contributed by atoms with Crippen LogP contribution >= 0.6 is 15.9 Å². The number of benzene rings is 2. The predicted octanol–water partition coefficient (Wildman–Crippen LogP) is 3.40. The van der Waals surface area contributed by atoms with E-state index in [1.54, 1.807) is 30.3 Å². The van der Waals surface area contributed by atoms with Crippen LogP contribution in [-0.2, 0) is 14.8 Å². The number of rotatable bonds is 4. The molecule has 0 saturated heterocycles. The van der Waals surface area contributed by atoms with Gasteiger partial charge in [-0.15, -0.1) is 0 Å². The highest BCUT2D eigenvalue weighted by Crippen LogP contribution is 2.43. The van der Waals surface area contributed by atoms with Crippen LogP contribution in [0.2, 0.25) is 0 Å². The summed E-state index contributed by atoms with van der Waals surface area (Å²) in [4.78, 5) is 12.5. The molecule has 5 nitrogen and oxygen atoms in total. The minimum absolute atomic E-state index is 0.220. The third-order valence-corrected chi connectivity index (χ3v) is 6.28. The van der Waals surface area contributed by atoms with Gasteiger partial charge in [0.25, 0.3) is 10.0 Å². The minimum Gasteiger partial charge on any atom is -0.354 e. The van der Waals surface area contributed by atoms with Gasteiger partial charge in [-0.05, 0) is 30.2 Å². The zero-order valence-corrected chi connectivity index (χ0v) is 16.4. The Kier molecular flexibility index (Phi) is 4.88. The number of sulfonamides is 1. The lowest BCUT2D eigenvalue weighted by molar-refractivity contribution is -0.119. The molecule has 3 rings (SSSR count). The van der Waals surface area contributed by atoms with Gasteiger partial charge in [-0.2, -0.15) is 0 Å². The second kappa shape index (κ2) is 6.80. The Morgan fingerprint density at radius 1 is 1.16 bits per heavy atom. The van der Waals surface area contributed by atoms with Gasteiger partial charge in [-0.1, -0.05) is 48.0 Å². The molecule has 1 N–H and O–H groups in total. The van der Waals surface area contributed by atoms with Crippen LogP contribution in [0.5, 0.6) is 0 Å². The molecule has 1 aliphatic rings. The zero-order chi connectivity index (χ0) is 18.2. The maximum absolute atomic E-state index is 13.1. The molecule has 1 aliphatic heterocycles. The third-order valence-electron chi connectivity index (χ3n) is 3.97. The molecule has 0 radical (unpaired) electrons. The minimum atomic E-state index is -3.79. The van der Waals surface area contributed by atoms with E-state index in [0.29, 0.717) is 23.7 Å². The van der Waals surface area contributed by atoms with Crippen molar-refractivity contribution in [1.29, 1.82) is 0 Å². The standard InChI is InChI=1S/C18H19BrN2O3S/c1-12(2)10-20-18(22)11-21-16-8-7-13(19)9-15(16)14-5-3-4-6-17(14)25(21,23)24/h3-9,12H,10-11H2,1-2H3,(H,20,22). The van der Waals surface area contributed by atoms with Crippen molar-refractivity contribution >= 4 is 37.5 Å². The molecule has 2 aromatic rings. The van der Waals surface area contributed by atoms with E-state index in [0.717, 1.165) is 10.0 Å². The zero-order valence-electron chi connectivity index (χ0n) is 14.0. The summed E-state index contributed by atoms with van der Waals surface area (Å²) in [6, 6.07) is 12.2. The van der Waals surface area contributed by atoms with Gasteiger partial charge < -0.3 is 5.32 Å². The maximum atomic E-state index is 13.1. The lowest BCUT2D eigenvalue weighted by atomic mass is 10.0. The molecule has 0 saturated carbocycles. The number of hydrogen-bond donors (Lipinski definition) is 1. The van der Waals surface area contributed by atoms with E-state index in [9.17, 15) is 13.2 Å². The van der Waals surface area contributed by atoms with Crippen molar-refractivity contribution in [3.05, 3.63) is 46.9 Å². The average molecular weight is 423 g/mol. The number of carbonyl (C=O) groups is 1. The van der Waals surface area contributed by atoms with Crippen molar-refractivity contribution in [1.82, 2.24) is 5.32 Å². The molecule has 0 aromatic heterocycles. The van der Waals surface area contributed by atoms with Gasteiger partial charge in [0, 0.05) is 22.1 Å². The van der Waals surface area contributed by atoms with Gasteiger partial charge in [-0.3, -0.25) is 9.10 Å². The molecule has 0 spiro atoms. The van der Waals surface area contributed by atoms with Crippen molar-refractivity contribution in [3.8, 4) is 11.1 Å². The summed E-state index contributed by atoms with van der Waals surface area (Å²) in [6.07, 6.45) is 0. The van der Waals surface area contributed by atoms with Crippen molar-refractivity contribution < 1.29 is 13.2 Å². The maximum Gasteiger partial charge on any atom is 0.265 e. The molecule has 132 valence electrons. The Balaban J connectivity index is 2.06. The van der Waals surface area contributed by atoms with Gasteiger partial charge in [0.2, 0.25) is 5.91 Å². The fourth-order valence-corrected chi connectivity index (χ4v) is 4.79. The van der Waals surface area contributed by atoms with Crippen molar-refractivity contribution in [2.75, 3.05) is 17.4 Å². The number of halogens is 1. The summed E-state index contributed by atoms with van der Waals surface area (Å²) in [6.45, 7) is 4.25. The fraction of sp³-hybridized carbons (Fsp3) is 0.278. The fourth-order valence-electron chi connectivity index (χ4n) is 2.78. The van der Waals surface area contributed by atoms with E-state index in [1.165, 1.54) is 4.31 Å². The van der Waals surface area contributed by atoms with E-state index in [4.69, 9.17) is 0 Å². The van der Waals surface area contributed by atoms with Crippen LogP contribution in [0, 0.1) is 5.92 Å². The van der Waals surface area contributed by atoms with E-state index < -0.39 is 10.0 Å². The van der Waals surface area contributed by atoms with E-state index in [1.807, 2.05) is 26.0 Å². The summed E-state index contributed by atoms with van der Waals surface area (Å²) >= 11 is 3.44. The van der Waals surface area contributed by atoms with Gasteiger partial charge >= 0.3 is 0 Å². The van der Waals surface area contributed by atoms with Crippen LogP contribution in [0.3, 0.4) is 0 Å². The number of hydrogen-bond acceptors (Lipinski definition) is 3. The lowest BCUT2D eigenvalue weighted by Gasteiger charge is -2.31. The average Bonchev–Trinajstić information content (AvgIpc) is 2.57. The topological polar surface area (TPSA) is 66.5 Å². The van der Waals surface area contributed by atoms with Crippen LogP contribution in [0.15, 0.2) is 51.8 Å². The summed E-state index contributed by atoms with van der Waals surface area (Å²) < 4.78 is 28.2. The quantitative estimate of drug-likeness (QED) is 0.820. The number of amides is 1. The summed E-state index contributed by atoms with van der Waals surface area (Å²) in [5.41, 5.74) is 1.95. The summed E-state index contributed by atoms with van der Waals surface area (Å²) in [7, 11) is -3.79. The molecule has 1 heterocycles. The van der Waals surface area contributed by atoms with Crippen molar-refractivity contribution in [3.63, 3.8) is 0 Å². The molecule has 1 amide bonds. The van der Waals surface area contributed by atoms with Crippen LogP contribution in [-0.4, -0.2) is 27.4 Å². The highest BCUT2D eigenvalue weighted by atomic mass is 79.9. The molecule has 0 bridgehead atoms. The predicted molar refractivity (Wildman–Crippen MR) is 102 cm³/mol. The third kappa shape index (κ3) is 3.43. The Labute approximate surface area is 156 Å². The molecule has 0 aliphatic carbocycles. The second-order valence-corrected chi connectivity index (χ2v) is 9.11. The lowest BCUT2D eigenvalue weighted by Crippen LogP contribution is -2.43. The molecule has 25 heavy (non-hydrogen) atoms. The van der Waals surface area contributed by atoms with Gasteiger partial charge in [0.1, 0.15) is 6.54 Å². The Morgan fingerprint density at radius 3 is 2.60 bits per heavy atom. The van der Waals surface area contributed by atoms with Crippen LogP contribution < -0.4 is 9.62 Å². The van der Waals surface area contributed by atoms with Crippen molar-refractivity contribution in [2.24, 2.45) is 5.92 Å². The first-order valence-corrected chi connectivity index (χ1v) is 10.2. The van der Waals surface area contributed by atoms with E-state index >= 15 is 0 Å². The van der Waals surface area contributed by atoms with Gasteiger partial charge in [0.05, 0.1) is 10.6 Å². The highest BCUT2D eigenvalue weighted by Gasteiger charge is 2.35. The molecule has 2 aromatic carbocycles. The number of fused-ring (bicyclic) bond motifs is 3. The van der Waals surface area contributed by atoms with Crippen LogP contribution in [0.4, 0.5) is 5.69 Å². The molecule has 0 fully saturated rings. The number of anilines is 1. The second-order valence-electron chi connectivity index (χ2n) is 6.37. The summed E-state index contributed by atoms with van der Waals surface area (Å²) in [5.74, 6) is -0.0172. The first kappa shape index (κ1) is 17.9. The first-order valence-electron chi connectivity index (χ1n) is 7.99.